The van der Waals surface area contributed by atoms with Gasteiger partial charge in [-0.2, -0.15) is 0 Å². The molecule has 0 aromatic carbocycles. The molecule has 546 valence electrons. The van der Waals surface area contributed by atoms with Crippen molar-refractivity contribution in [2.75, 3.05) is 39.6 Å². The van der Waals surface area contributed by atoms with E-state index >= 15 is 0 Å². The predicted molar refractivity (Wildman–Crippen MR) is 372 cm³/mol. The van der Waals surface area contributed by atoms with E-state index in [2.05, 4.69) is 48.5 Å². The molecule has 0 bridgehead atoms. The van der Waals surface area contributed by atoms with Crippen molar-refractivity contribution in [1.82, 2.24) is 0 Å². The van der Waals surface area contributed by atoms with Gasteiger partial charge in [-0.1, -0.05) is 318 Å². The van der Waals surface area contributed by atoms with Crippen LogP contribution in [-0.2, 0) is 65.4 Å². The molecule has 0 aliphatic rings. The molecule has 0 aliphatic carbocycles. The molecule has 0 saturated heterocycles. The maximum absolute atomic E-state index is 13.1. The average Bonchev–Trinajstić information content (AvgIpc) is 2.87. The number of carbonyl (C=O) groups excluding carboxylic acids is 4. The molecule has 0 amide bonds. The van der Waals surface area contributed by atoms with E-state index < -0.39 is 97.5 Å². The normalized spacial score (nSPS) is 14.4. The quantitative estimate of drug-likeness (QED) is 0.0222. The van der Waals surface area contributed by atoms with Crippen molar-refractivity contribution in [3.63, 3.8) is 0 Å². The number of aliphatic hydroxyl groups excluding tert-OH is 1. The van der Waals surface area contributed by atoms with Crippen LogP contribution in [0.5, 0.6) is 0 Å². The fourth-order valence-electron chi connectivity index (χ4n) is 11.0. The van der Waals surface area contributed by atoms with Gasteiger partial charge in [0.1, 0.15) is 19.3 Å². The van der Waals surface area contributed by atoms with Crippen LogP contribution in [0.1, 0.15) is 370 Å². The van der Waals surface area contributed by atoms with E-state index in [0.29, 0.717) is 25.7 Å². The molecular weight excluding hydrogens is 1210 g/mol. The molecule has 6 atom stereocenters. The molecule has 19 heteroatoms. The molecule has 92 heavy (non-hydrogen) atoms. The van der Waals surface area contributed by atoms with Crippen molar-refractivity contribution < 1.29 is 80.2 Å². The first-order chi connectivity index (χ1) is 44.3. The standard InChI is InChI=1S/C73H142O17P2/c1-8-10-11-12-13-33-40-47-54-70(75)83-60-68(90-73(78)57-50-43-36-29-28-32-39-46-53-66(7)9-2)62-87-91(79,80)85-58-67(74)59-86-92(81,82)88-63-69(61-84-71(76)55-48-41-34-26-23-19-21-25-31-38-45-52-65(5)6)89-72(77)56-49-42-35-27-22-18-16-14-15-17-20-24-30-37-44-51-64(3)4/h64-69,74H,8-63H2,1-7H3,(H,79,80)(H,81,82)/t66?,67-,68+,69+/m0/s1. The highest BCUT2D eigenvalue weighted by molar-refractivity contribution is 7.47. The number of phosphoric ester groups is 2. The summed E-state index contributed by atoms with van der Waals surface area (Å²) in [7, 11) is -9.90. The van der Waals surface area contributed by atoms with Crippen LogP contribution in [0.4, 0.5) is 0 Å². The summed E-state index contributed by atoms with van der Waals surface area (Å²) in [6, 6.07) is 0. The summed E-state index contributed by atoms with van der Waals surface area (Å²) in [6.07, 6.45) is 48.6. The molecule has 0 saturated carbocycles. The van der Waals surface area contributed by atoms with Crippen LogP contribution in [0, 0.1) is 17.8 Å². The third-order valence-electron chi connectivity index (χ3n) is 17.2. The Balaban J connectivity index is 5.22. The smallest absolute Gasteiger partial charge is 0.462 e. The van der Waals surface area contributed by atoms with Crippen LogP contribution in [0.2, 0.25) is 0 Å². The summed E-state index contributed by atoms with van der Waals surface area (Å²) in [4.78, 5) is 72.6. The monoisotopic (exact) mass is 1350 g/mol. The lowest BCUT2D eigenvalue weighted by molar-refractivity contribution is -0.161. The zero-order valence-electron chi connectivity index (χ0n) is 60.0. The summed E-state index contributed by atoms with van der Waals surface area (Å²) in [5.74, 6) is 0.218. The van der Waals surface area contributed by atoms with E-state index in [0.717, 1.165) is 114 Å². The Morgan fingerprint density at radius 1 is 0.315 bits per heavy atom. The lowest BCUT2D eigenvalue weighted by Crippen LogP contribution is -2.30. The molecule has 0 fully saturated rings. The molecular formula is C73H142O17P2. The molecule has 0 aliphatic heterocycles. The Bertz CT molecular complexity index is 1800. The first kappa shape index (κ1) is 90.1. The fraction of sp³-hybridized carbons (Fsp3) is 0.945. The number of carbonyl (C=O) groups is 4. The third kappa shape index (κ3) is 65.4. The van der Waals surface area contributed by atoms with Gasteiger partial charge in [-0.15, -0.1) is 0 Å². The summed E-state index contributed by atoms with van der Waals surface area (Å²) >= 11 is 0. The van der Waals surface area contributed by atoms with Crippen LogP contribution in [-0.4, -0.2) is 96.7 Å². The van der Waals surface area contributed by atoms with Gasteiger partial charge in [0, 0.05) is 25.7 Å². The SMILES string of the molecule is CCCCCCCCCCC(=O)OC[C@H](COP(=O)(O)OC[C@H](O)COP(=O)(O)OC[C@@H](COC(=O)CCCCCCCCCCCCCC(C)C)OC(=O)CCCCCCCCCCCCCCCCCC(C)C)OC(=O)CCCCCCCCCCC(C)CC. The van der Waals surface area contributed by atoms with E-state index in [9.17, 15) is 43.2 Å². The van der Waals surface area contributed by atoms with Crippen LogP contribution >= 0.6 is 15.6 Å². The maximum atomic E-state index is 13.1. The highest BCUT2D eigenvalue weighted by Gasteiger charge is 2.30. The summed E-state index contributed by atoms with van der Waals surface area (Å²) in [5, 5.41) is 10.6. The second-order valence-electron chi connectivity index (χ2n) is 27.5. The second-order valence-corrected chi connectivity index (χ2v) is 30.4. The van der Waals surface area contributed by atoms with Crippen molar-refractivity contribution in [3.8, 4) is 0 Å². The molecule has 3 unspecified atom stereocenters. The first-order valence-electron chi connectivity index (χ1n) is 37.9. The van der Waals surface area contributed by atoms with E-state index in [-0.39, 0.29) is 25.7 Å². The fourth-order valence-corrected chi connectivity index (χ4v) is 12.6. The highest BCUT2D eigenvalue weighted by Crippen LogP contribution is 2.45. The van der Waals surface area contributed by atoms with Crippen molar-refractivity contribution in [3.05, 3.63) is 0 Å². The third-order valence-corrected chi connectivity index (χ3v) is 19.1. The minimum Gasteiger partial charge on any atom is -0.462 e. The van der Waals surface area contributed by atoms with Gasteiger partial charge in [-0.25, -0.2) is 9.13 Å². The molecule has 3 N–H and O–H groups in total. The summed E-state index contributed by atoms with van der Waals surface area (Å²) in [5.41, 5.74) is 0. The Morgan fingerprint density at radius 2 is 0.554 bits per heavy atom. The van der Waals surface area contributed by atoms with E-state index in [1.165, 1.54) is 173 Å². The first-order valence-corrected chi connectivity index (χ1v) is 40.9. The van der Waals surface area contributed by atoms with Gasteiger partial charge in [0.05, 0.1) is 26.4 Å². The number of unbranched alkanes of at least 4 members (excludes halogenated alkanes) is 38. The van der Waals surface area contributed by atoms with Gasteiger partial charge in [-0.3, -0.25) is 37.3 Å². The van der Waals surface area contributed by atoms with Crippen LogP contribution in [0.3, 0.4) is 0 Å². The molecule has 0 aromatic rings. The minimum absolute atomic E-state index is 0.105. The zero-order valence-corrected chi connectivity index (χ0v) is 61.8. The largest absolute Gasteiger partial charge is 0.472 e. The van der Waals surface area contributed by atoms with Gasteiger partial charge in [0.15, 0.2) is 12.2 Å². The van der Waals surface area contributed by atoms with Gasteiger partial charge < -0.3 is 33.8 Å². The average molecular weight is 1350 g/mol. The van der Waals surface area contributed by atoms with Gasteiger partial charge in [0.25, 0.3) is 0 Å². The lowest BCUT2D eigenvalue weighted by atomic mass is 9.99. The van der Waals surface area contributed by atoms with Crippen LogP contribution in [0.15, 0.2) is 0 Å². The van der Waals surface area contributed by atoms with Crippen LogP contribution < -0.4 is 0 Å². The Labute approximate surface area is 562 Å². The van der Waals surface area contributed by atoms with Gasteiger partial charge in [-0.05, 0) is 43.4 Å². The van der Waals surface area contributed by atoms with Crippen molar-refractivity contribution >= 4 is 39.5 Å². The Kier molecular flexibility index (Phi) is 62.4. The van der Waals surface area contributed by atoms with Crippen LogP contribution in [0.25, 0.3) is 0 Å². The number of hydrogen-bond donors (Lipinski definition) is 3. The number of rotatable bonds is 71. The van der Waals surface area contributed by atoms with Crippen molar-refractivity contribution in [1.29, 1.82) is 0 Å². The van der Waals surface area contributed by atoms with E-state index in [4.69, 9.17) is 37.0 Å². The Morgan fingerprint density at radius 3 is 0.826 bits per heavy atom. The van der Waals surface area contributed by atoms with Crippen molar-refractivity contribution in [2.24, 2.45) is 17.8 Å². The predicted octanol–water partition coefficient (Wildman–Crippen LogP) is 21.0. The number of hydrogen-bond acceptors (Lipinski definition) is 15. The number of esters is 4. The topological polar surface area (TPSA) is 237 Å². The second kappa shape index (κ2) is 63.8. The molecule has 0 radical (unpaired) electrons. The van der Waals surface area contributed by atoms with Gasteiger partial charge >= 0.3 is 39.5 Å². The number of aliphatic hydroxyl groups is 1. The van der Waals surface area contributed by atoms with E-state index in [1.807, 2.05) is 0 Å². The number of phosphoric acid groups is 2. The maximum Gasteiger partial charge on any atom is 0.472 e. The Hall–Kier alpha value is -1.94. The minimum atomic E-state index is -4.95. The molecule has 0 heterocycles. The van der Waals surface area contributed by atoms with Gasteiger partial charge in [0.2, 0.25) is 0 Å². The zero-order chi connectivity index (χ0) is 68.0. The molecule has 0 spiro atoms. The number of ether oxygens (including phenoxy) is 4. The highest BCUT2D eigenvalue weighted by atomic mass is 31.2. The summed E-state index contributed by atoms with van der Waals surface area (Å²) < 4.78 is 68.3. The molecule has 17 nitrogen and oxygen atoms in total. The molecule has 0 rings (SSSR count). The van der Waals surface area contributed by atoms with Crippen molar-refractivity contribution in [2.45, 2.75) is 388 Å². The van der Waals surface area contributed by atoms with E-state index in [1.54, 1.807) is 0 Å². The summed E-state index contributed by atoms with van der Waals surface area (Å²) in [6.45, 7) is 11.9. The molecule has 0 aromatic heterocycles. The lowest BCUT2D eigenvalue weighted by Gasteiger charge is -2.21.